The van der Waals surface area contributed by atoms with Crippen LogP contribution in [-0.2, 0) is 11.3 Å². The fourth-order valence-electron chi connectivity index (χ4n) is 1.52. The van der Waals surface area contributed by atoms with E-state index in [1.165, 1.54) is 5.56 Å². The van der Waals surface area contributed by atoms with E-state index in [4.69, 9.17) is 4.74 Å². The Labute approximate surface area is 113 Å². The summed E-state index contributed by atoms with van der Waals surface area (Å²) in [5.41, 5.74) is 1.25. The Kier molecular flexibility index (Phi) is 7.49. The van der Waals surface area contributed by atoms with Crippen LogP contribution in [-0.4, -0.2) is 36.5 Å². The normalized spacial score (nSPS) is 12.9. The van der Waals surface area contributed by atoms with E-state index in [-0.39, 0.29) is 0 Å². The highest BCUT2D eigenvalue weighted by Crippen LogP contribution is 2.03. The average Bonchev–Trinajstić information content (AvgIpc) is 2.38. The van der Waals surface area contributed by atoms with Gasteiger partial charge in [-0.15, -0.1) is 0 Å². The van der Waals surface area contributed by atoms with Crippen molar-refractivity contribution in [2.75, 3.05) is 25.5 Å². The van der Waals surface area contributed by atoms with Crippen LogP contribution >= 0.6 is 15.9 Å². The maximum atomic E-state index is 5.65. The molecule has 0 aromatic heterocycles. The molecule has 0 saturated carbocycles. The lowest BCUT2D eigenvalue weighted by Crippen LogP contribution is -2.31. The number of rotatable bonds is 8. The lowest BCUT2D eigenvalue weighted by Gasteiger charge is -2.22. The summed E-state index contributed by atoms with van der Waals surface area (Å²) in [7, 11) is 2.16. The Morgan fingerprint density at radius 1 is 1.29 bits per heavy atom. The largest absolute Gasteiger partial charge is 0.377 e. The van der Waals surface area contributed by atoms with Crippen LogP contribution in [0.15, 0.2) is 30.3 Å². The molecule has 0 aliphatic rings. The van der Waals surface area contributed by atoms with Gasteiger partial charge in [-0.3, -0.25) is 0 Å². The predicted octanol–water partition coefficient (Wildman–Crippen LogP) is 3.31. The number of alkyl halides is 1. The zero-order chi connectivity index (χ0) is 12.5. The number of hydrogen-bond donors (Lipinski definition) is 0. The van der Waals surface area contributed by atoms with Crippen LogP contribution in [0.4, 0.5) is 0 Å². The third-order valence-electron chi connectivity index (χ3n) is 2.89. The molecule has 17 heavy (non-hydrogen) atoms. The van der Waals surface area contributed by atoms with Gasteiger partial charge in [0.1, 0.15) is 0 Å². The Morgan fingerprint density at radius 2 is 2.00 bits per heavy atom. The molecular weight excluding hydrogens is 278 g/mol. The topological polar surface area (TPSA) is 12.5 Å². The first-order valence-electron chi connectivity index (χ1n) is 6.12. The Balaban J connectivity index is 2.05. The molecule has 0 aliphatic carbocycles. The monoisotopic (exact) mass is 299 g/mol. The van der Waals surface area contributed by atoms with Crippen molar-refractivity contribution in [2.45, 2.75) is 26.0 Å². The highest BCUT2D eigenvalue weighted by atomic mass is 79.9. The second-order valence-electron chi connectivity index (χ2n) is 4.38. The van der Waals surface area contributed by atoms with E-state index >= 15 is 0 Å². The van der Waals surface area contributed by atoms with Crippen LogP contribution in [0.1, 0.15) is 18.9 Å². The average molecular weight is 300 g/mol. The van der Waals surface area contributed by atoms with Gasteiger partial charge in [0.15, 0.2) is 0 Å². The van der Waals surface area contributed by atoms with E-state index in [1.54, 1.807) is 0 Å². The Hall–Kier alpha value is -0.380. The van der Waals surface area contributed by atoms with E-state index in [0.29, 0.717) is 6.04 Å². The number of halogens is 1. The SMILES string of the molecule is CC(CBr)N(C)CCCOCc1ccccc1. The first kappa shape index (κ1) is 14.7. The van der Waals surface area contributed by atoms with Gasteiger partial charge in [-0.05, 0) is 26.0 Å². The van der Waals surface area contributed by atoms with Gasteiger partial charge in [-0.1, -0.05) is 46.3 Å². The molecule has 1 aromatic carbocycles. The van der Waals surface area contributed by atoms with Gasteiger partial charge in [0.25, 0.3) is 0 Å². The van der Waals surface area contributed by atoms with Crippen LogP contribution in [0, 0.1) is 0 Å². The highest BCUT2D eigenvalue weighted by Gasteiger charge is 2.06. The molecule has 0 aliphatic heterocycles. The van der Waals surface area contributed by atoms with Crippen LogP contribution in [0.2, 0.25) is 0 Å². The van der Waals surface area contributed by atoms with Crippen LogP contribution in [0.25, 0.3) is 0 Å². The second kappa shape index (κ2) is 8.67. The summed E-state index contributed by atoms with van der Waals surface area (Å²) in [6.07, 6.45) is 1.08. The molecule has 1 unspecified atom stereocenters. The summed E-state index contributed by atoms with van der Waals surface area (Å²) < 4.78 is 5.65. The molecule has 0 amide bonds. The van der Waals surface area contributed by atoms with Crippen molar-refractivity contribution in [3.63, 3.8) is 0 Å². The molecule has 0 bridgehead atoms. The van der Waals surface area contributed by atoms with E-state index < -0.39 is 0 Å². The molecule has 1 rings (SSSR count). The number of benzene rings is 1. The zero-order valence-electron chi connectivity index (χ0n) is 10.7. The second-order valence-corrected chi connectivity index (χ2v) is 5.02. The first-order valence-corrected chi connectivity index (χ1v) is 7.24. The van der Waals surface area contributed by atoms with Crippen molar-refractivity contribution in [1.82, 2.24) is 4.90 Å². The number of nitrogens with zero attached hydrogens (tertiary/aromatic N) is 1. The fraction of sp³-hybridized carbons (Fsp3) is 0.571. The van der Waals surface area contributed by atoms with Crippen molar-refractivity contribution in [1.29, 1.82) is 0 Å². The van der Waals surface area contributed by atoms with Gasteiger partial charge in [0, 0.05) is 24.5 Å². The minimum atomic E-state index is 0.587. The smallest absolute Gasteiger partial charge is 0.0716 e. The van der Waals surface area contributed by atoms with E-state index in [9.17, 15) is 0 Å². The molecule has 2 nitrogen and oxygen atoms in total. The predicted molar refractivity (Wildman–Crippen MR) is 76.6 cm³/mol. The molecule has 0 radical (unpaired) electrons. The summed E-state index contributed by atoms with van der Waals surface area (Å²) in [4.78, 5) is 2.35. The van der Waals surface area contributed by atoms with Crippen molar-refractivity contribution < 1.29 is 4.74 Å². The van der Waals surface area contributed by atoms with Crippen molar-refractivity contribution in [3.8, 4) is 0 Å². The molecule has 0 spiro atoms. The molecule has 0 saturated heterocycles. The number of hydrogen-bond acceptors (Lipinski definition) is 2. The first-order chi connectivity index (χ1) is 8.24. The standard InChI is InChI=1S/C14H22BrNO/c1-13(11-15)16(2)9-6-10-17-12-14-7-4-3-5-8-14/h3-5,7-8,13H,6,9-12H2,1-2H3. The third-order valence-corrected chi connectivity index (χ3v) is 3.82. The summed E-state index contributed by atoms with van der Waals surface area (Å²) in [5.74, 6) is 0. The van der Waals surface area contributed by atoms with Crippen LogP contribution < -0.4 is 0 Å². The van der Waals surface area contributed by atoms with E-state index in [1.807, 2.05) is 18.2 Å². The molecule has 1 aromatic rings. The van der Waals surface area contributed by atoms with Gasteiger partial charge in [-0.25, -0.2) is 0 Å². The molecule has 0 N–H and O–H groups in total. The number of ether oxygens (including phenoxy) is 1. The Morgan fingerprint density at radius 3 is 2.65 bits per heavy atom. The Bertz CT molecular complexity index is 292. The molecule has 3 heteroatoms. The third kappa shape index (κ3) is 6.20. The summed E-state index contributed by atoms with van der Waals surface area (Å²) >= 11 is 3.50. The van der Waals surface area contributed by atoms with Crippen molar-refractivity contribution in [2.24, 2.45) is 0 Å². The van der Waals surface area contributed by atoms with Gasteiger partial charge < -0.3 is 9.64 Å². The lowest BCUT2D eigenvalue weighted by molar-refractivity contribution is 0.108. The van der Waals surface area contributed by atoms with Gasteiger partial charge in [-0.2, -0.15) is 0 Å². The maximum Gasteiger partial charge on any atom is 0.0716 e. The van der Waals surface area contributed by atoms with E-state index in [0.717, 1.165) is 31.5 Å². The van der Waals surface area contributed by atoms with Crippen LogP contribution in [0.5, 0.6) is 0 Å². The molecule has 96 valence electrons. The summed E-state index contributed by atoms with van der Waals surface area (Å²) in [6, 6.07) is 10.9. The van der Waals surface area contributed by atoms with Crippen molar-refractivity contribution >= 4 is 15.9 Å². The maximum absolute atomic E-state index is 5.65. The minimum Gasteiger partial charge on any atom is -0.377 e. The van der Waals surface area contributed by atoms with Gasteiger partial charge in [0.2, 0.25) is 0 Å². The summed E-state index contributed by atoms with van der Waals surface area (Å²) in [5, 5.41) is 1.02. The molecular formula is C14H22BrNO. The van der Waals surface area contributed by atoms with Crippen molar-refractivity contribution in [3.05, 3.63) is 35.9 Å². The summed E-state index contributed by atoms with van der Waals surface area (Å²) in [6.45, 7) is 4.86. The van der Waals surface area contributed by atoms with Crippen LogP contribution in [0.3, 0.4) is 0 Å². The molecule has 0 fully saturated rings. The van der Waals surface area contributed by atoms with Gasteiger partial charge >= 0.3 is 0 Å². The van der Waals surface area contributed by atoms with Gasteiger partial charge in [0.05, 0.1) is 6.61 Å². The van der Waals surface area contributed by atoms with E-state index in [2.05, 4.69) is 46.9 Å². The molecule has 0 heterocycles. The zero-order valence-corrected chi connectivity index (χ0v) is 12.3. The highest BCUT2D eigenvalue weighted by molar-refractivity contribution is 9.09. The fourth-order valence-corrected chi connectivity index (χ4v) is 2.01. The lowest BCUT2D eigenvalue weighted by atomic mass is 10.2. The molecule has 1 atom stereocenters. The minimum absolute atomic E-state index is 0.587. The quantitative estimate of drug-likeness (QED) is 0.539.